The zero-order chi connectivity index (χ0) is 13.3. The number of rotatable bonds is 2. The molecule has 0 saturated carbocycles. The lowest BCUT2D eigenvalue weighted by Crippen LogP contribution is -2.00. The van der Waals surface area contributed by atoms with Gasteiger partial charge in [0.25, 0.3) is 0 Å². The Kier molecular flexibility index (Phi) is 3.72. The van der Waals surface area contributed by atoms with Gasteiger partial charge in [-0.3, -0.25) is 0 Å². The van der Waals surface area contributed by atoms with Crippen molar-refractivity contribution in [2.45, 2.75) is 26.1 Å². The molecule has 2 rings (SSSR count). The highest BCUT2D eigenvalue weighted by Crippen LogP contribution is 2.34. The van der Waals surface area contributed by atoms with Gasteiger partial charge in [0.2, 0.25) is 0 Å². The highest BCUT2D eigenvalue weighted by atomic mass is 35.5. The molecule has 1 unspecified atom stereocenters. The molecule has 0 spiro atoms. The first-order valence-corrected chi connectivity index (χ1v) is 6.40. The molecule has 0 aromatic heterocycles. The molecule has 0 aliphatic carbocycles. The molecule has 0 nitrogen and oxygen atoms in total. The maximum atomic E-state index is 13.2. The Hall–Kier alpha value is -1.34. The van der Waals surface area contributed by atoms with E-state index in [2.05, 4.69) is 19.1 Å². The molecule has 0 heterocycles. The average Bonchev–Trinajstić information content (AvgIpc) is 2.27. The Morgan fingerprint density at radius 1 is 1.00 bits per heavy atom. The van der Waals surface area contributed by atoms with Gasteiger partial charge in [-0.1, -0.05) is 29.8 Å². The Bertz CT molecular complexity index is 552. The lowest BCUT2D eigenvalue weighted by atomic mass is 9.94. The molecule has 2 heteroatoms. The first-order valence-electron chi connectivity index (χ1n) is 5.96. The minimum Gasteiger partial charge on any atom is -0.207 e. The summed E-state index contributed by atoms with van der Waals surface area (Å²) in [5.74, 6) is -0.249. The largest absolute Gasteiger partial charge is 0.207 e. The van der Waals surface area contributed by atoms with Crippen LogP contribution in [0, 0.1) is 26.6 Å². The van der Waals surface area contributed by atoms with E-state index in [9.17, 15) is 4.39 Å². The van der Waals surface area contributed by atoms with Crippen molar-refractivity contribution < 1.29 is 4.39 Å². The van der Waals surface area contributed by atoms with Gasteiger partial charge >= 0.3 is 0 Å². The van der Waals surface area contributed by atoms with Gasteiger partial charge in [-0.25, -0.2) is 4.39 Å². The Morgan fingerprint density at radius 2 is 1.61 bits per heavy atom. The summed E-state index contributed by atoms with van der Waals surface area (Å²) < 4.78 is 13.2. The van der Waals surface area contributed by atoms with Crippen LogP contribution in [0.4, 0.5) is 4.39 Å². The maximum Gasteiger partial charge on any atom is 0.123 e. The molecular weight excluding hydrogens is 247 g/mol. The molecule has 2 aromatic carbocycles. The Balaban J connectivity index is 2.49. The molecule has 0 fully saturated rings. The molecule has 0 aliphatic heterocycles. The van der Waals surface area contributed by atoms with Crippen molar-refractivity contribution in [1.29, 1.82) is 0 Å². The molecule has 0 aliphatic rings. The Labute approximate surface area is 112 Å². The van der Waals surface area contributed by atoms with Crippen molar-refractivity contribution in [2.24, 2.45) is 0 Å². The van der Waals surface area contributed by atoms with Crippen LogP contribution in [0.3, 0.4) is 0 Å². The van der Waals surface area contributed by atoms with E-state index in [4.69, 9.17) is 11.6 Å². The van der Waals surface area contributed by atoms with Crippen LogP contribution in [-0.4, -0.2) is 0 Å². The third-order valence-electron chi connectivity index (χ3n) is 3.13. The quantitative estimate of drug-likeness (QED) is 0.662. The highest BCUT2D eigenvalue weighted by Gasteiger charge is 2.16. The molecule has 0 radical (unpaired) electrons. The van der Waals surface area contributed by atoms with Crippen molar-refractivity contribution in [1.82, 2.24) is 0 Å². The molecule has 94 valence electrons. The maximum absolute atomic E-state index is 13.2. The van der Waals surface area contributed by atoms with Gasteiger partial charge in [0.1, 0.15) is 5.82 Å². The monoisotopic (exact) mass is 262 g/mol. The van der Waals surface area contributed by atoms with Gasteiger partial charge in [-0.15, -0.1) is 11.6 Å². The molecule has 1 atom stereocenters. The summed E-state index contributed by atoms with van der Waals surface area (Å²) in [5.41, 5.74) is 5.39. The highest BCUT2D eigenvalue weighted by molar-refractivity contribution is 6.22. The molecular formula is C16H16ClF. The van der Waals surface area contributed by atoms with Crippen molar-refractivity contribution in [2.75, 3.05) is 0 Å². The van der Waals surface area contributed by atoms with Gasteiger partial charge in [-0.05, 0) is 55.2 Å². The van der Waals surface area contributed by atoms with Crippen molar-refractivity contribution in [3.8, 4) is 0 Å². The van der Waals surface area contributed by atoms with E-state index < -0.39 is 0 Å². The van der Waals surface area contributed by atoms with Gasteiger partial charge in [0, 0.05) is 0 Å². The Morgan fingerprint density at radius 3 is 2.17 bits per heavy atom. The van der Waals surface area contributed by atoms with E-state index in [0.29, 0.717) is 0 Å². The summed E-state index contributed by atoms with van der Waals surface area (Å²) in [6.45, 7) is 6.16. The molecule has 2 aromatic rings. The van der Waals surface area contributed by atoms with E-state index in [-0.39, 0.29) is 11.2 Å². The summed E-state index contributed by atoms with van der Waals surface area (Å²) >= 11 is 6.50. The molecule has 0 amide bonds. The second-order valence-corrected chi connectivity index (χ2v) is 5.17. The summed E-state index contributed by atoms with van der Waals surface area (Å²) in [6, 6.07) is 10.7. The third kappa shape index (κ3) is 2.56. The normalized spacial score (nSPS) is 12.5. The van der Waals surface area contributed by atoms with Crippen LogP contribution in [0.5, 0.6) is 0 Å². The fourth-order valence-corrected chi connectivity index (χ4v) is 2.90. The van der Waals surface area contributed by atoms with Crippen molar-refractivity contribution in [3.05, 3.63) is 70.0 Å². The summed E-state index contributed by atoms with van der Waals surface area (Å²) in [7, 11) is 0. The minimum absolute atomic E-state index is 0.249. The van der Waals surface area contributed by atoms with Crippen molar-refractivity contribution >= 4 is 11.6 Å². The standard InChI is InChI=1S/C16H16ClF/c1-10-7-11(2)15(12(3)8-10)16(17)13-5-4-6-14(18)9-13/h4-9,16H,1-3H3. The van der Waals surface area contributed by atoms with Crippen LogP contribution in [0.25, 0.3) is 0 Å². The second kappa shape index (κ2) is 5.11. The molecule has 0 N–H and O–H groups in total. The van der Waals surface area contributed by atoms with Gasteiger partial charge in [0.15, 0.2) is 0 Å². The number of aryl methyl sites for hydroxylation is 3. The second-order valence-electron chi connectivity index (χ2n) is 4.73. The summed E-state index contributed by atoms with van der Waals surface area (Å²) in [5, 5.41) is -0.304. The molecule has 0 bridgehead atoms. The first kappa shape index (κ1) is 13.1. The number of halogens is 2. The SMILES string of the molecule is Cc1cc(C)c(C(Cl)c2cccc(F)c2)c(C)c1. The van der Waals surface area contributed by atoms with Crippen LogP contribution in [-0.2, 0) is 0 Å². The molecule has 18 heavy (non-hydrogen) atoms. The summed E-state index contributed by atoms with van der Waals surface area (Å²) in [6.07, 6.45) is 0. The van der Waals surface area contributed by atoms with E-state index in [1.165, 1.54) is 17.7 Å². The van der Waals surface area contributed by atoms with E-state index >= 15 is 0 Å². The topological polar surface area (TPSA) is 0 Å². The van der Waals surface area contributed by atoms with Crippen molar-refractivity contribution in [3.63, 3.8) is 0 Å². The fraction of sp³-hybridized carbons (Fsp3) is 0.250. The average molecular weight is 263 g/mol. The zero-order valence-electron chi connectivity index (χ0n) is 10.8. The van der Waals surface area contributed by atoms with E-state index in [1.807, 2.05) is 19.9 Å². The predicted octanol–water partition coefficient (Wildman–Crippen LogP) is 5.08. The number of benzene rings is 2. The molecule has 0 saturated heterocycles. The van der Waals surface area contributed by atoms with Gasteiger partial charge < -0.3 is 0 Å². The summed E-state index contributed by atoms with van der Waals surface area (Å²) in [4.78, 5) is 0. The lowest BCUT2D eigenvalue weighted by Gasteiger charge is -2.17. The van der Waals surface area contributed by atoms with E-state index in [0.717, 1.165) is 22.3 Å². The van der Waals surface area contributed by atoms with Crippen LogP contribution in [0.15, 0.2) is 36.4 Å². The van der Waals surface area contributed by atoms with Crippen LogP contribution in [0.2, 0.25) is 0 Å². The fourth-order valence-electron chi connectivity index (χ4n) is 2.42. The lowest BCUT2D eigenvalue weighted by molar-refractivity contribution is 0.625. The number of hydrogen-bond acceptors (Lipinski definition) is 0. The number of hydrogen-bond donors (Lipinski definition) is 0. The van der Waals surface area contributed by atoms with Crippen LogP contribution >= 0.6 is 11.6 Å². The van der Waals surface area contributed by atoms with E-state index in [1.54, 1.807) is 6.07 Å². The zero-order valence-corrected chi connectivity index (χ0v) is 11.6. The van der Waals surface area contributed by atoms with Gasteiger partial charge in [0.05, 0.1) is 5.38 Å². The van der Waals surface area contributed by atoms with Crippen LogP contribution < -0.4 is 0 Å². The van der Waals surface area contributed by atoms with Gasteiger partial charge in [-0.2, -0.15) is 0 Å². The predicted molar refractivity (Wildman–Crippen MR) is 74.7 cm³/mol. The smallest absolute Gasteiger partial charge is 0.123 e. The van der Waals surface area contributed by atoms with Crippen LogP contribution in [0.1, 0.15) is 33.2 Å². The number of alkyl halides is 1. The first-order chi connectivity index (χ1) is 8.49. The third-order valence-corrected chi connectivity index (χ3v) is 3.60. The minimum atomic E-state index is -0.304.